The van der Waals surface area contributed by atoms with Crippen LogP contribution in [0.4, 0.5) is 4.39 Å². The van der Waals surface area contributed by atoms with Crippen molar-refractivity contribution in [2.75, 3.05) is 0 Å². The van der Waals surface area contributed by atoms with Crippen LogP contribution in [0.2, 0.25) is 0 Å². The second-order valence-corrected chi connectivity index (χ2v) is 7.11. The van der Waals surface area contributed by atoms with Crippen molar-refractivity contribution < 1.29 is 4.39 Å². The molecule has 148 valence electrons. The van der Waals surface area contributed by atoms with Crippen molar-refractivity contribution >= 4 is 21.9 Å². The number of nitrogens with zero attached hydrogens (tertiary/aromatic N) is 5. The summed E-state index contributed by atoms with van der Waals surface area (Å²) in [6.07, 6.45) is 6.76. The molecule has 0 atom stereocenters. The Labute approximate surface area is 175 Å². The van der Waals surface area contributed by atoms with Crippen molar-refractivity contribution in [3.05, 3.63) is 79.3 Å². The van der Waals surface area contributed by atoms with Gasteiger partial charge in [0.15, 0.2) is 5.82 Å². The maximum absolute atomic E-state index is 13.3. The first kappa shape index (κ1) is 17.4. The van der Waals surface area contributed by atoms with Crippen molar-refractivity contribution in [2.45, 2.75) is 0 Å². The van der Waals surface area contributed by atoms with Gasteiger partial charge >= 0.3 is 0 Å². The minimum Gasteiger partial charge on any atom is -0.336 e. The van der Waals surface area contributed by atoms with Gasteiger partial charge in [-0.25, -0.2) is 19.3 Å². The van der Waals surface area contributed by atoms with Gasteiger partial charge in [-0.2, -0.15) is 5.10 Å². The summed E-state index contributed by atoms with van der Waals surface area (Å²) in [7, 11) is 0. The van der Waals surface area contributed by atoms with Gasteiger partial charge in [0.05, 0.1) is 16.7 Å². The zero-order chi connectivity index (χ0) is 20.8. The first-order valence-electron chi connectivity index (χ1n) is 9.61. The smallest absolute Gasteiger partial charge is 0.159 e. The number of pyridine rings is 1. The molecule has 0 saturated heterocycles. The number of imidazole rings is 1. The Morgan fingerprint density at radius 3 is 2.42 bits per heavy atom. The Hall–Kier alpha value is -4.46. The van der Waals surface area contributed by atoms with Crippen molar-refractivity contribution in [3.63, 3.8) is 0 Å². The predicted molar refractivity (Wildman–Crippen MR) is 115 cm³/mol. The van der Waals surface area contributed by atoms with Gasteiger partial charge in [0.1, 0.15) is 23.4 Å². The molecule has 31 heavy (non-hydrogen) atoms. The molecular weight excluding hydrogens is 393 g/mol. The third-order valence-corrected chi connectivity index (χ3v) is 5.20. The van der Waals surface area contributed by atoms with Crippen LogP contribution >= 0.6 is 0 Å². The fourth-order valence-corrected chi connectivity index (χ4v) is 3.69. The summed E-state index contributed by atoms with van der Waals surface area (Å²) in [5.74, 6) is 0.334. The largest absolute Gasteiger partial charge is 0.336 e. The molecule has 2 aromatic carbocycles. The van der Waals surface area contributed by atoms with Gasteiger partial charge in [0.25, 0.3) is 0 Å². The molecule has 0 radical (unpaired) electrons. The molecule has 2 N–H and O–H groups in total. The number of benzene rings is 2. The van der Waals surface area contributed by atoms with Gasteiger partial charge < -0.3 is 4.98 Å². The highest BCUT2D eigenvalue weighted by Gasteiger charge is 2.16. The van der Waals surface area contributed by atoms with E-state index in [1.54, 1.807) is 30.7 Å². The molecule has 6 rings (SSSR count). The molecule has 0 spiro atoms. The summed E-state index contributed by atoms with van der Waals surface area (Å²) in [5, 5.41) is 8.48. The van der Waals surface area contributed by atoms with Crippen LogP contribution in [-0.2, 0) is 0 Å². The molecule has 6 aromatic rings. The highest BCUT2D eigenvalue weighted by atomic mass is 19.1. The van der Waals surface area contributed by atoms with Crippen LogP contribution in [-0.4, -0.2) is 35.1 Å². The van der Waals surface area contributed by atoms with E-state index in [2.05, 4.69) is 30.1 Å². The maximum atomic E-state index is 13.3. The first-order chi connectivity index (χ1) is 15.3. The van der Waals surface area contributed by atoms with Crippen LogP contribution in [0.25, 0.3) is 55.8 Å². The highest BCUT2D eigenvalue weighted by molar-refractivity contribution is 5.97. The number of H-pyrrole nitrogens is 2. The van der Waals surface area contributed by atoms with Crippen LogP contribution < -0.4 is 0 Å². The van der Waals surface area contributed by atoms with Crippen LogP contribution in [0.5, 0.6) is 0 Å². The fraction of sp³-hybridized carbons (Fsp3) is 0. The molecule has 0 fully saturated rings. The van der Waals surface area contributed by atoms with E-state index in [4.69, 9.17) is 4.98 Å². The second-order valence-electron chi connectivity index (χ2n) is 7.11. The molecule has 0 aliphatic carbocycles. The predicted octanol–water partition coefficient (Wildman–Crippen LogP) is 4.76. The lowest BCUT2D eigenvalue weighted by atomic mass is 10.1. The van der Waals surface area contributed by atoms with Crippen molar-refractivity contribution in [1.29, 1.82) is 0 Å². The Morgan fingerprint density at radius 1 is 0.774 bits per heavy atom. The average Bonchev–Trinajstić information content (AvgIpc) is 3.43. The maximum Gasteiger partial charge on any atom is 0.159 e. The number of halogens is 1. The standard InChI is InChI=1S/C23H14FN7/c24-16-4-1-13(2-5-16)20-22-19(7-8-27-20)28-23(29-22)21-17-9-14(3-6-18(17)30-31-21)15-10-25-12-26-11-15/h1-12H,(H,28,29)(H,30,31). The van der Waals surface area contributed by atoms with E-state index in [1.807, 2.05) is 24.3 Å². The summed E-state index contributed by atoms with van der Waals surface area (Å²) < 4.78 is 13.3. The normalized spacial score (nSPS) is 11.4. The second kappa shape index (κ2) is 6.81. The Bertz CT molecular complexity index is 1540. The Kier molecular flexibility index (Phi) is 3.82. The van der Waals surface area contributed by atoms with Gasteiger partial charge in [-0.15, -0.1) is 0 Å². The van der Waals surface area contributed by atoms with Crippen molar-refractivity contribution in [1.82, 2.24) is 35.1 Å². The summed E-state index contributed by atoms with van der Waals surface area (Å²) >= 11 is 0. The first-order valence-corrected chi connectivity index (χ1v) is 9.61. The van der Waals surface area contributed by atoms with Gasteiger partial charge in [-0.3, -0.25) is 10.1 Å². The number of nitrogens with one attached hydrogen (secondary N) is 2. The minimum absolute atomic E-state index is 0.291. The molecule has 0 unspecified atom stereocenters. The molecule has 0 aliphatic heterocycles. The van der Waals surface area contributed by atoms with E-state index in [-0.39, 0.29) is 5.82 Å². The van der Waals surface area contributed by atoms with Crippen LogP contribution in [0.3, 0.4) is 0 Å². The van der Waals surface area contributed by atoms with Crippen LogP contribution in [0.1, 0.15) is 0 Å². The van der Waals surface area contributed by atoms with Crippen LogP contribution in [0, 0.1) is 5.82 Å². The minimum atomic E-state index is -0.291. The summed E-state index contributed by atoms with van der Waals surface area (Å²) in [6.45, 7) is 0. The lowest BCUT2D eigenvalue weighted by Crippen LogP contribution is -1.86. The fourth-order valence-electron chi connectivity index (χ4n) is 3.69. The molecular formula is C23H14FN7. The summed E-state index contributed by atoms with van der Waals surface area (Å²) in [6, 6.07) is 14.1. The molecule has 0 bridgehead atoms. The zero-order valence-corrected chi connectivity index (χ0v) is 16.0. The number of hydrogen-bond donors (Lipinski definition) is 2. The van der Waals surface area contributed by atoms with Gasteiger partial charge in [-0.1, -0.05) is 6.07 Å². The van der Waals surface area contributed by atoms with Crippen molar-refractivity contribution in [2.24, 2.45) is 0 Å². The quantitative estimate of drug-likeness (QED) is 0.441. The average molecular weight is 407 g/mol. The Balaban J connectivity index is 1.51. The molecule has 4 aromatic heterocycles. The van der Waals surface area contributed by atoms with E-state index in [9.17, 15) is 4.39 Å². The van der Waals surface area contributed by atoms with E-state index in [0.717, 1.165) is 33.1 Å². The summed E-state index contributed by atoms with van der Waals surface area (Å²) in [4.78, 5) is 20.8. The third kappa shape index (κ3) is 2.93. The van der Waals surface area contributed by atoms with Gasteiger partial charge in [0.2, 0.25) is 0 Å². The third-order valence-electron chi connectivity index (χ3n) is 5.20. The number of rotatable bonds is 3. The number of fused-ring (bicyclic) bond motifs is 2. The van der Waals surface area contributed by atoms with E-state index < -0.39 is 0 Å². The van der Waals surface area contributed by atoms with E-state index >= 15 is 0 Å². The van der Waals surface area contributed by atoms with E-state index in [0.29, 0.717) is 22.7 Å². The number of aromatic amines is 2. The van der Waals surface area contributed by atoms with Gasteiger partial charge in [-0.05, 0) is 48.0 Å². The lowest BCUT2D eigenvalue weighted by molar-refractivity contribution is 0.628. The lowest BCUT2D eigenvalue weighted by Gasteiger charge is -2.01. The zero-order valence-electron chi connectivity index (χ0n) is 16.0. The van der Waals surface area contributed by atoms with Crippen LogP contribution in [0.15, 0.2) is 73.4 Å². The van der Waals surface area contributed by atoms with Gasteiger partial charge in [0, 0.05) is 35.1 Å². The summed E-state index contributed by atoms with van der Waals surface area (Å²) in [5.41, 5.74) is 6.51. The molecule has 7 nitrogen and oxygen atoms in total. The number of hydrogen-bond acceptors (Lipinski definition) is 5. The topological polar surface area (TPSA) is 96.0 Å². The van der Waals surface area contributed by atoms with Crippen molar-refractivity contribution in [3.8, 4) is 33.9 Å². The monoisotopic (exact) mass is 407 g/mol. The number of aromatic nitrogens is 7. The highest BCUT2D eigenvalue weighted by Crippen LogP contribution is 2.32. The molecule has 0 amide bonds. The molecule has 8 heteroatoms. The molecule has 0 aliphatic rings. The molecule has 4 heterocycles. The SMILES string of the molecule is Fc1ccc(-c2nccc3[nH]c(-c4n[nH]c5ccc(-c6cncnc6)cc45)nc23)cc1. The molecule has 0 saturated carbocycles. The van der Waals surface area contributed by atoms with E-state index in [1.165, 1.54) is 18.5 Å². The Morgan fingerprint density at radius 2 is 1.58 bits per heavy atom.